The average Bonchev–Trinajstić information content (AvgIpc) is 3.08. The molecule has 5 nitrogen and oxygen atoms in total. The molecule has 0 saturated carbocycles. The van der Waals surface area contributed by atoms with Crippen LogP contribution in [0.15, 0.2) is 40.8 Å². The molecule has 2 aromatic rings. The normalized spacial score (nSPS) is 17.5. The summed E-state index contributed by atoms with van der Waals surface area (Å²) in [5.74, 6) is 0.144. The van der Waals surface area contributed by atoms with Crippen LogP contribution in [0.3, 0.4) is 0 Å². The molecule has 2 heterocycles. The lowest BCUT2D eigenvalue weighted by molar-refractivity contribution is -0.141. The minimum Gasteiger partial charge on any atom is -0.461 e. The molecule has 1 aliphatic heterocycles. The molecular formula is C19H21FN2O3. The third-order valence-corrected chi connectivity index (χ3v) is 4.54. The summed E-state index contributed by atoms with van der Waals surface area (Å²) in [6.07, 6.45) is 3.04. The summed E-state index contributed by atoms with van der Waals surface area (Å²) in [6, 6.07) is 9.32. The van der Waals surface area contributed by atoms with Crippen molar-refractivity contribution in [3.63, 3.8) is 0 Å². The number of hydrogen-bond donors (Lipinski definition) is 1. The number of aryl methyl sites for hydroxylation is 1. The average molecular weight is 344 g/mol. The molecule has 1 aliphatic rings. The molecule has 132 valence electrons. The monoisotopic (exact) mass is 344 g/mol. The van der Waals surface area contributed by atoms with Gasteiger partial charge in [0.15, 0.2) is 0 Å². The van der Waals surface area contributed by atoms with Crippen molar-refractivity contribution < 1.29 is 18.4 Å². The number of nitrogens with zero attached hydrogens (tertiary/aromatic N) is 1. The van der Waals surface area contributed by atoms with Gasteiger partial charge < -0.3 is 15.1 Å². The van der Waals surface area contributed by atoms with Crippen LogP contribution in [0.4, 0.5) is 4.39 Å². The van der Waals surface area contributed by atoms with E-state index in [0.717, 1.165) is 12.8 Å². The molecular weight excluding hydrogens is 323 g/mol. The number of furan rings is 1. The number of nitrogens with two attached hydrogens (primary N) is 1. The number of carbonyl (C=O) groups is 2. The second-order valence-corrected chi connectivity index (χ2v) is 6.25. The molecule has 0 radical (unpaired) electrons. The van der Waals surface area contributed by atoms with E-state index in [-0.39, 0.29) is 18.1 Å². The van der Waals surface area contributed by atoms with Crippen molar-refractivity contribution in [1.29, 1.82) is 0 Å². The fourth-order valence-electron chi connectivity index (χ4n) is 3.22. The Morgan fingerprint density at radius 2 is 2.00 bits per heavy atom. The van der Waals surface area contributed by atoms with Gasteiger partial charge in [0.2, 0.25) is 11.8 Å². The second kappa shape index (κ2) is 7.51. The number of carbonyl (C=O) groups excluding carboxylic acids is 2. The van der Waals surface area contributed by atoms with Crippen molar-refractivity contribution >= 4 is 11.8 Å². The Morgan fingerprint density at radius 1 is 1.20 bits per heavy atom. The Bertz CT molecular complexity index is 772. The third-order valence-electron chi connectivity index (χ3n) is 4.54. The van der Waals surface area contributed by atoms with Crippen LogP contribution in [0.2, 0.25) is 0 Å². The highest BCUT2D eigenvalue weighted by molar-refractivity contribution is 5.86. The van der Waals surface area contributed by atoms with Gasteiger partial charge in [-0.25, -0.2) is 4.39 Å². The van der Waals surface area contributed by atoms with E-state index in [2.05, 4.69) is 0 Å². The van der Waals surface area contributed by atoms with Gasteiger partial charge in [-0.3, -0.25) is 9.59 Å². The smallest absolute Gasteiger partial charge is 0.240 e. The van der Waals surface area contributed by atoms with Crippen molar-refractivity contribution in [2.24, 2.45) is 5.73 Å². The van der Waals surface area contributed by atoms with E-state index in [1.165, 1.54) is 6.07 Å². The number of benzene rings is 1. The van der Waals surface area contributed by atoms with Crippen LogP contribution in [-0.4, -0.2) is 29.3 Å². The zero-order valence-corrected chi connectivity index (χ0v) is 13.9. The molecule has 3 rings (SSSR count). The van der Waals surface area contributed by atoms with Gasteiger partial charge in [0.25, 0.3) is 0 Å². The zero-order chi connectivity index (χ0) is 17.8. The Hall–Kier alpha value is -2.63. The topological polar surface area (TPSA) is 76.5 Å². The van der Waals surface area contributed by atoms with Gasteiger partial charge in [-0.1, -0.05) is 12.1 Å². The Morgan fingerprint density at radius 3 is 2.76 bits per heavy atom. The summed E-state index contributed by atoms with van der Waals surface area (Å²) >= 11 is 0. The van der Waals surface area contributed by atoms with Crippen molar-refractivity contribution in [2.75, 3.05) is 6.54 Å². The maximum Gasteiger partial charge on any atom is 0.240 e. The number of amides is 2. The number of hydrogen-bond acceptors (Lipinski definition) is 3. The highest BCUT2D eigenvalue weighted by Gasteiger charge is 2.30. The van der Waals surface area contributed by atoms with Crippen molar-refractivity contribution in [2.45, 2.75) is 38.1 Å². The van der Waals surface area contributed by atoms with Crippen molar-refractivity contribution in [3.8, 4) is 11.3 Å². The highest BCUT2D eigenvalue weighted by atomic mass is 19.1. The maximum absolute atomic E-state index is 13.8. The van der Waals surface area contributed by atoms with E-state index in [1.807, 2.05) is 0 Å². The molecule has 1 fully saturated rings. The van der Waals surface area contributed by atoms with Crippen LogP contribution in [0.1, 0.15) is 31.4 Å². The van der Waals surface area contributed by atoms with Gasteiger partial charge in [0, 0.05) is 19.4 Å². The van der Waals surface area contributed by atoms with Gasteiger partial charge in [0.1, 0.15) is 23.4 Å². The van der Waals surface area contributed by atoms with Gasteiger partial charge in [0.05, 0.1) is 5.56 Å². The van der Waals surface area contributed by atoms with Crippen LogP contribution < -0.4 is 5.73 Å². The Kier molecular flexibility index (Phi) is 5.16. The first-order valence-electron chi connectivity index (χ1n) is 8.48. The first-order chi connectivity index (χ1) is 12.1. The summed E-state index contributed by atoms with van der Waals surface area (Å²) in [5, 5.41) is 0. The number of likely N-dealkylation sites (tertiary alicyclic amines) is 1. The van der Waals surface area contributed by atoms with Gasteiger partial charge in [-0.2, -0.15) is 0 Å². The molecule has 1 aromatic heterocycles. The summed E-state index contributed by atoms with van der Waals surface area (Å²) in [7, 11) is 0. The SMILES string of the molecule is NC(=O)[C@H]1CCCCN1C(=O)CCc1ccc(-c2ccccc2F)o1. The minimum atomic E-state index is -0.508. The summed E-state index contributed by atoms with van der Waals surface area (Å²) in [4.78, 5) is 25.5. The first-order valence-corrected chi connectivity index (χ1v) is 8.48. The zero-order valence-electron chi connectivity index (χ0n) is 13.9. The van der Waals surface area contributed by atoms with E-state index in [4.69, 9.17) is 10.2 Å². The molecule has 2 amide bonds. The first kappa shape index (κ1) is 17.2. The Balaban J connectivity index is 1.63. The van der Waals surface area contributed by atoms with Gasteiger partial charge in [-0.05, 0) is 43.5 Å². The quantitative estimate of drug-likeness (QED) is 0.906. The van der Waals surface area contributed by atoms with E-state index in [1.54, 1.807) is 35.2 Å². The molecule has 6 heteroatoms. The fourth-order valence-corrected chi connectivity index (χ4v) is 3.22. The van der Waals surface area contributed by atoms with Gasteiger partial charge >= 0.3 is 0 Å². The molecule has 0 spiro atoms. The fraction of sp³-hybridized carbons (Fsp3) is 0.368. The summed E-state index contributed by atoms with van der Waals surface area (Å²) in [5.41, 5.74) is 5.79. The predicted molar refractivity (Wildman–Crippen MR) is 91.0 cm³/mol. The Labute approximate surface area is 145 Å². The van der Waals surface area contributed by atoms with E-state index in [9.17, 15) is 14.0 Å². The van der Waals surface area contributed by atoms with Crippen LogP contribution in [-0.2, 0) is 16.0 Å². The molecule has 0 aliphatic carbocycles. The predicted octanol–water partition coefficient (Wildman–Crippen LogP) is 2.88. The van der Waals surface area contributed by atoms with Crippen LogP contribution in [0, 0.1) is 5.82 Å². The van der Waals surface area contributed by atoms with Crippen LogP contribution >= 0.6 is 0 Å². The summed E-state index contributed by atoms with van der Waals surface area (Å²) < 4.78 is 19.5. The third kappa shape index (κ3) is 3.90. The highest BCUT2D eigenvalue weighted by Crippen LogP contribution is 2.25. The van der Waals surface area contributed by atoms with Gasteiger partial charge in [-0.15, -0.1) is 0 Å². The lowest BCUT2D eigenvalue weighted by atomic mass is 10.0. The molecule has 1 saturated heterocycles. The van der Waals surface area contributed by atoms with E-state index in [0.29, 0.717) is 36.5 Å². The molecule has 0 bridgehead atoms. The van der Waals surface area contributed by atoms with Crippen LogP contribution in [0.25, 0.3) is 11.3 Å². The van der Waals surface area contributed by atoms with E-state index >= 15 is 0 Å². The molecule has 2 N–H and O–H groups in total. The molecule has 25 heavy (non-hydrogen) atoms. The lowest BCUT2D eigenvalue weighted by Gasteiger charge is -2.33. The number of primary amides is 1. The standard InChI is InChI=1S/C19H21FN2O3/c20-15-6-2-1-5-14(15)17-10-8-13(25-17)9-11-18(23)22-12-4-3-7-16(22)19(21)24/h1-2,5-6,8,10,16H,3-4,7,9,11-12H2,(H2,21,24)/t16-/m1/s1. The number of piperidine rings is 1. The number of rotatable bonds is 5. The number of halogens is 1. The largest absolute Gasteiger partial charge is 0.461 e. The maximum atomic E-state index is 13.8. The molecule has 1 aromatic carbocycles. The van der Waals surface area contributed by atoms with Crippen LogP contribution in [0.5, 0.6) is 0 Å². The van der Waals surface area contributed by atoms with Crippen molar-refractivity contribution in [1.82, 2.24) is 4.90 Å². The summed E-state index contributed by atoms with van der Waals surface area (Å²) in [6.45, 7) is 0.561. The molecule has 0 unspecified atom stereocenters. The molecule has 1 atom stereocenters. The second-order valence-electron chi connectivity index (χ2n) is 6.25. The van der Waals surface area contributed by atoms with Crippen molar-refractivity contribution in [3.05, 3.63) is 48.0 Å². The van der Waals surface area contributed by atoms with E-state index < -0.39 is 11.9 Å². The lowest BCUT2D eigenvalue weighted by Crippen LogP contribution is -2.50. The minimum absolute atomic E-state index is 0.104.